The topological polar surface area (TPSA) is 41.9 Å². The Bertz CT molecular complexity index is 371. The SMILES string of the molecule is CCCCCCCCCCCCCCCCCCOC(=O)CN1C=NCC1. The lowest BCUT2D eigenvalue weighted by atomic mass is 10.0. The van der Waals surface area contributed by atoms with Crippen LogP contribution >= 0.6 is 0 Å². The molecule has 4 heteroatoms. The van der Waals surface area contributed by atoms with Crippen molar-refractivity contribution >= 4 is 12.3 Å². The first-order chi connectivity index (χ1) is 13.3. The number of esters is 1. The molecule has 0 aromatic rings. The quantitative estimate of drug-likeness (QED) is 0.200. The molecule has 0 saturated heterocycles. The highest BCUT2D eigenvalue weighted by Gasteiger charge is 2.11. The molecule has 1 aliphatic heterocycles. The van der Waals surface area contributed by atoms with Crippen molar-refractivity contribution in [2.45, 2.75) is 110 Å². The second-order valence-corrected chi connectivity index (χ2v) is 8.02. The molecule has 0 bridgehead atoms. The molecule has 1 heterocycles. The van der Waals surface area contributed by atoms with E-state index in [0.29, 0.717) is 13.2 Å². The largest absolute Gasteiger partial charge is 0.464 e. The molecule has 0 spiro atoms. The highest BCUT2D eigenvalue weighted by molar-refractivity contribution is 5.75. The van der Waals surface area contributed by atoms with Gasteiger partial charge in [-0.1, -0.05) is 103 Å². The molecule has 0 fully saturated rings. The van der Waals surface area contributed by atoms with E-state index in [9.17, 15) is 4.79 Å². The zero-order chi connectivity index (χ0) is 19.4. The van der Waals surface area contributed by atoms with E-state index in [0.717, 1.165) is 19.5 Å². The fourth-order valence-electron chi connectivity index (χ4n) is 3.58. The number of unbranched alkanes of at least 4 members (excludes halogenated alkanes) is 15. The smallest absolute Gasteiger partial charge is 0.325 e. The van der Waals surface area contributed by atoms with Crippen LogP contribution in [0.15, 0.2) is 4.99 Å². The maximum atomic E-state index is 11.6. The zero-order valence-corrected chi connectivity index (χ0v) is 17.9. The summed E-state index contributed by atoms with van der Waals surface area (Å²) in [6.45, 7) is 4.84. The summed E-state index contributed by atoms with van der Waals surface area (Å²) < 4.78 is 5.28. The Morgan fingerprint density at radius 2 is 1.30 bits per heavy atom. The average Bonchev–Trinajstić information content (AvgIpc) is 3.17. The van der Waals surface area contributed by atoms with E-state index < -0.39 is 0 Å². The number of hydrogen-bond acceptors (Lipinski definition) is 4. The predicted molar refractivity (Wildman–Crippen MR) is 115 cm³/mol. The molecule has 1 aliphatic rings. The van der Waals surface area contributed by atoms with Gasteiger partial charge in [-0.05, 0) is 6.42 Å². The molecule has 0 aromatic heterocycles. The molecule has 0 aliphatic carbocycles. The monoisotopic (exact) mass is 380 g/mol. The van der Waals surface area contributed by atoms with Crippen LogP contribution in [0.3, 0.4) is 0 Å². The van der Waals surface area contributed by atoms with Crippen molar-refractivity contribution in [1.82, 2.24) is 4.90 Å². The van der Waals surface area contributed by atoms with Gasteiger partial charge in [0.15, 0.2) is 0 Å². The first-order valence-corrected chi connectivity index (χ1v) is 11.7. The zero-order valence-electron chi connectivity index (χ0n) is 17.9. The minimum Gasteiger partial charge on any atom is -0.464 e. The van der Waals surface area contributed by atoms with E-state index in [1.165, 1.54) is 96.3 Å². The van der Waals surface area contributed by atoms with E-state index in [4.69, 9.17) is 4.74 Å². The fraction of sp³-hybridized carbons (Fsp3) is 0.913. The van der Waals surface area contributed by atoms with Crippen LogP contribution in [0.1, 0.15) is 110 Å². The van der Waals surface area contributed by atoms with Crippen LogP contribution in [-0.2, 0) is 9.53 Å². The van der Waals surface area contributed by atoms with Crippen molar-refractivity contribution in [3.05, 3.63) is 0 Å². The van der Waals surface area contributed by atoms with Crippen molar-refractivity contribution in [3.8, 4) is 0 Å². The summed E-state index contributed by atoms with van der Waals surface area (Å²) in [5.74, 6) is -0.121. The van der Waals surface area contributed by atoms with Crippen molar-refractivity contribution < 1.29 is 9.53 Å². The molecular weight excluding hydrogens is 336 g/mol. The molecule has 1 rings (SSSR count). The first-order valence-electron chi connectivity index (χ1n) is 11.7. The Balaban J connectivity index is 1.69. The van der Waals surface area contributed by atoms with Gasteiger partial charge in [0.1, 0.15) is 6.54 Å². The standard InChI is InChI=1S/C23H44N2O2/c1-2-3-4-5-6-7-8-9-10-11-12-13-14-15-16-17-20-27-23(26)21-25-19-18-24-22-25/h22H,2-21H2,1H3. The van der Waals surface area contributed by atoms with Gasteiger partial charge in [-0.25, -0.2) is 0 Å². The highest BCUT2D eigenvalue weighted by Crippen LogP contribution is 2.13. The maximum absolute atomic E-state index is 11.6. The summed E-state index contributed by atoms with van der Waals surface area (Å²) in [4.78, 5) is 17.6. The molecule has 0 aromatic carbocycles. The van der Waals surface area contributed by atoms with Crippen LogP contribution in [0.4, 0.5) is 0 Å². The van der Waals surface area contributed by atoms with E-state index in [1.807, 2.05) is 4.90 Å². The Morgan fingerprint density at radius 1 is 0.815 bits per heavy atom. The van der Waals surface area contributed by atoms with Gasteiger partial charge in [0.05, 0.1) is 19.5 Å². The van der Waals surface area contributed by atoms with Gasteiger partial charge in [0, 0.05) is 6.54 Å². The summed E-state index contributed by atoms with van der Waals surface area (Å²) in [6, 6.07) is 0. The third-order valence-corrected chi connectivity index (χ3v) is 5.35. The Kier molecular flexibility index (Phi) is 16.3. The fourth-order valence-corrected chi connectivity index (χ4v) is 3.58. The number of rotatable bonds is 19. The third kappa shape index (κ3) is 15.7. The number of aliphatic imine (C=N–C) groups is 1. The number of hydrogen-bond donors (Lipinski definition) is 0. The van der Waals surface area contributed by atoms with Gasteiger partial charge < -0.3 is 9.64 Å². The van der Waals surface area contributed by atoms with Crippen molar-refractivity contribution in [1.29, 1.82) is 0 Å². The van der Waals surface area contributed by atoms with Crippen LogP contribution in [0.25, 0.3) is 0 Å². The van der Waals surface area contributed by atoms with Crippen LogP contribution in [0.5, 0.6) is 0 Å². The molecule has 0 radical (unpaired) electrons. The van der Waals surface area contributed by atoms with E-state index >= 15 is 0 Å². The summed E-state index contributed by atoms with van der Waals surface area (Å²) >= 11 is 0. The lowest BCUT2D eigenvalue weighted by Gasteiger charge is -2.12. The second-order valence-electron chi connectivity index (χ2n) is 8.02. The number of carbonyl (C=O) groups is 1. The van der Waals surface area contributed by atoms with Gasteiger partial charge in [0.2, 0.25) is 0 Å². The van der Waals surface area contributed by atoms with Gasteiger partial charge in [0.25, 0.3) is 0 Å². The van der Waals surface area contributed by atoms with Gasteiger partial charge in [-0.3, -0.25) is 9.79 Å². The molecule has 0 unspecified atom stereocenters. The van der Waals surface area contributed by atoms with Crippen molar-refractivity contribution in [3.63, 3.8) is 0 Å². The van der Waals surface area contributed by atoms with E-state index in [2.05, 4.69) is 11.9 Å². The van der Waals surface area contributed by atoms with Crippen LogP contribution < -0.4 is 0 Å². The molecule has 4 nitrogen and oxygen atoms in total. The van der Waals surface area contributed by atoms with Crippen LogP contribution in [0, 0.1) is 0 Å². The summed E-state index contributed by atoms with van der Waals surface area (Å²) in [5.41, 5.74) is 0. The normalized spacial score (nSPS) is 13.4. The lowest BCUT2D eigenvalue weighted by Crippen LogP contribution is -2.28. The molecular formula is C23H44N2O2. The minimum absolute atomic E-state index is 0.121. The summed E-state index contributed by atoms with van der Waals surface area (Å²) in [5, 5.41) is 0. The van der Waals surface area contributed by atoms with Gasteiger partial charge in [-0.15, -0.1) is 0 Å². The molecule has 158 valence electrons. The second kappa shape index (κ2) is 18.3. The molecule has 0 saturated carbocycles. The summed E-state index contributed by atoms with van der Waals surface area (Å²) in [6.07, 6.45) is 23.5. The Hall–Kier alpha value is -1.06. The highest BCUT2D eigenvalue weighted by atomic mass is 16.5. The molecule has 27 heavy (non-hydrogen) atoms. The molecule has 0 N–H and O–H groups in total. The molecule has 0 atom stereocenters. The summed E-state index contributed by atoms with van der Waals surface area (Å²) in [7, 11) is 0. The van der Waals surface area contributed by atoms with Crippen molar-refractivity contribution in [2.75, 3.05) is 26.2 Å². The van der Waals surface area contributed by atoms with Crippen molar-refractivity contribution in [2.24, 2.45) is 4.99 Å². The maximum Gasteiger partial charge on any atom is 0.325 e. The van der Waals surface area contributed by atoms with E-state index in [1.54, 1.807) is 6.34 Å². The Morgan fingerprint density at radius 3 is 1.74 bits per heavy atom. The third-order valence-electron chi connectivity index (χ3n) is 5.35. The number of nitrogens with zero attached hydrogens (tertiary/aromatic N) is 2. The van der Waals surface area contributed by atoms with Crippen LogP contribution in [-0.4, -0.2) is 43.4 Å². The van der Waals surface area contributed by atoms with Gasteiger partial charge >= 0.3 is 5.97 Å². The lowest BCUT2D eigenvalue weighted by molar-refractivity contribution is -0.144. The van der Waals surface area contributed by atoms with E-state index in [-0.39, 0.29) is 5.97 Å². The Labute approximate surface area is 168 Å². The van der Waals surface area contributed by atoms with Gasteiger partial charge in [-0.2, -0.15) is 0 Å². The number of carbonyl (C=O) groups excluding carboxylic acids is 1. The average molecular weight is 381 g/mol. The first kappa shape index (κ1) is 24.0. The minimum atomic E-state index is -0.121. The predicted octanol–water partition coefficient (Wildman–Crippen LogP) is 6.14. The number of ether oxygens (including phenoxy) is 1. The molecule has 0 amide bonds. The van der Waals surface area contributed by atoms with Crippen LogP contribution in [0.2, 0.25) is 0 Å².